The summed E-state index contributed by atoms with van der Waals surface area (Å²) in [6.07, 6.45) is 2.64. The minimum Gasteiger partial charge on any atom is -0.312 e. The SMILES string of the molecule is O=C(Nn1cnc2c(cnn2-c2cccc(Cl)c2)c1=O)C1CC(=O)N(c2ccc(Cl)cc2)C1. The first-order valence-corrected chi connectivity index (χ1v) is 10.7. The fourth-order valence-corrected chi connectivity index (χ4v) is 4.06. The molecule has 1 saturated heterocycles. The molecule has 1 atom stereocenters. The summed E-state index contributed by atoms with van der Waals surface area (Å²) in [4.78, 5) is 44.0. The molecule has 2 amide bonds. The van der Waals surface area contributed by atoms with Gasteiger partial charge in [-0.1, -0.05) is 29.3 Å². The second-order valence-electron chi connectivity index (χ2n) is 7.55. The van der Waals surface area contributed by atoms with Crippen LogP contribution in [0.25, 0.3) is 16.7 Å². The van der Waals surface area contributed by atoms with Gasteiger partial charge in [0.25, 0.3) is 5.56 Å². The molecule has 9 nitrogen and oxygen atoms in total. The lowest BCUT2D eigenvalue weighted by Crippen LogP contribution is -2.37. The van der Waals surface area contributed by atoms with Crippen LogP contribution in [0.15, 0.2) is 65.8 Å². The molecule has 33 heavy (non-hydrogen) atoms. The van der Waals surface area contributed by atoms with E-state index in [9.17, 15) is 14.4 Å². The topological polar surface area (TPSA) is 102 Å². The van der Waals surface area contributed by atoms with E-state index < -0.39 is 17.4 Å². The highest BCUT2D eigenvalue weighted by molar-refractivity contribution is 6.31. The van der Waals surface area contributed by atoms with Gasteiger partial charge in [0.1, 0.15) is 11.7 Å². The number of hydrogen-bond donors (Lipinski definition) is 1. The van der Waals surface area contributed by atoms with E-state index in [2.05, 4.69) is 15.5 Å². The van der Waals surface area contributed by atoms with Gasteiger partial charge in [-0.15, -0.1) is 0 Å². The zero-order chi connectivity index (χ0) is 23.1. The van der Waals surface area contributed by atoms with Crippen LogP contribution in [0.1, 0.15) is 6.42 Å². The summed E-state index contributed by atoms with van der Waals surface area (Å²) >= 11 is 12.0. The number of fused-ring (bicyclic) bond motifs is 1. The van der Waals surface area contributed by atoms with Crippen molar-refractivity contribution >= 4 is 51.7 Å². The predicted octanol–water partition coefficient (Wildman–Crippen LogP) is 3.01. The Labute approximate surface area is 197 Å². The van der Waals surface area contributed by atoms with E-state index in [0.29, 0.717) is 27.1 Å². The van der Waals surface area contributed by atoms with Crippen molar-refractivity contribution in [3.63, 3.8) is 0 Å². The Morgan fingerprint density at radius 3 is 2.58 bits per heavy atom. The van der Waals surface area contributed by atoms with Crippen molar-refractivity contribution in [3.8, 4) is 5.69 Å². The molecule has 3 heterocycles. The van der Waals surface area contributed by atoms with Crippen LogP contribution >= 0.6 is 23.2 Å². The van der Waals surface area contributed by atoms with Gasteiger partial charge in [-0.3, -0.25) is 19.8 Å². The molecule has 0 spiro atoms. The normalized spacial score (nSPS) is 15.9. The van der Waals surface area contributed by atoms with Crippen LogP contribution in [0.2, 0.25) is 10.0 Å². The quantitative estimate of drug-likeness (QED) is 0.481. The van der Waals surface area contributed by atoms with Crippen LogP contribution in [0.3, 0.4) is 0 Å². The Kier molecular flexibility index (Phi) is 5.35. The first-order chi connectivity index (χ1) is 15.9. The molecule has 0 saturated carbocycles. The number of aromatic nitrogens is 4. The average Bonchev–Trinajstić information content (AvgIpc) is 3.40. The third-order valence-corrected chi connectivity index (χ3v) is 5.89. The van der Waals surface area contributed by atoms with Gasteiger partial charge in [0.15, 0.2) is 5.65 Å². The summed E-state index contributed by atoms with van der Waals surface area (Å²) in [6.45, 7) is 0.198. The third-order valence-electron chi connectivity index (χ3n) is 5.41. The highest BCUT2D eigenvalue weighted by atomic mass is 35.5. The maximum absolute atomic E-state index is 12.9. The van der Waals surface area contributed by atoms with Gasteiger partial charge in [-0.2, -0.15) is 5.10 Å². The van der Waals surface area contributed by atoms with Gasteiger partial charge < -0.3 is 4.90 Å². The molecule has 5 rings (SSSR count). The number of halogens is 2. The number of nitrogens with one attached hydrogen (secondary N) is 1. The second kappa shape index (κ2) is 8.34. The Morgan fingerprint density at radius 2 is 1.82 bits per heavy atom. The number of benzene rings is 2. The number of rotatable bonds is 4. The van der Waals surface area contributed by atoms with Gasteiger partial charge in [0.2, 0.25) is 11.8 Å². The molecular weight excluding hydrogens is 467 g/mol. The van der Waals surface area contributed by atoms with Crippen LogP contribution in [0.4, 0.5) is 5.69 Å². The van der Waals surface area contributed by atoms with Crippen LogP contribution < -0.4 is 15.9 Å². The lowest BCUT2D eigenvalue weighted by atomic mass is 10.1. The number of anilines is 1. The Hall–Kier alpha value is -3.69. The summed E-state index contributed by atoms with van der Waals surface area (Å²) in [7, 11) is 0. The first-order valence-electron chi connectivity index (χ1n) is 9.99. The lowest BCUT2D eigenvalue weighted by Gasteiger charge is -2.17. The predicted molar refractivity (Wildman–Crippen MR) is 124 cm³/mol. The first kappa shape index (κ1) is 21.2. The van der Waals surface area contributed by atoms with Gasteiger partial charge in [-0.25, -0.2) is 14.3 Å². The Morgan fingerprint density at radius 1 is 1.03 bits per heavy atom. The van der Waals surface area contributed by atoms with Crippen molar-refractivity contribution < 1.29 is 9.59 Å². The fraction of sp³-hybridized carbons (Fsp3) is 0.136. The maximum atomic E-state index is 12.9. The van der Waals surface area contributed by atoms with E-state index in [-0.39, 0.29) is 24.3 Å². The minimum absolute atomic E-state index is 0.0333. The van der Waals surface area contributed by atoms with Crippen molar-refractivity contribution in [2.24, 2.45) is 5.92 Å². The van der Waals surface area contributed by atoms with Crippen molar-refractivity contribution in [1.29, 1.82) is 0 Å². The molecule has 2 aromatic heterocycles. The molecule has 1 unspecified atom stereocenters. The van der Waals surface area contributed by atoms with E-state index in [1.165, 1.54) is 22.1 Å². The van der Waals surface area contributed by atoms with Gasteiger partial charge >= 0.3 is 0 Å². The summed E-state index contributed by atoms with van der Waals surface area (Å²) in [5.74, 6) is -1.25. The summed E-state index contributed by atoms with van der Waals surface area (Å²) in [5, 5.41) is 5.54. The molecule has 11 heteroatoms. The molecule has 1 fully saturated rings. The van der Waals surface area contributed by atoms with Crippen molar-refractivity contribution in [3.05, 3.63) is 81.5 Å². The number of hydrogen-bond acceptors (Lipinski definition) is 5. The van der Waals surface area contributed by atoms with E-state index in [4.69, 9.17) is 23.2 Å². The second-order valence-corrected chi connectivity index (χ2v) is 8.42. The third kappa shape index (κ3) is 3.96. The van der Waals surface area contributed by atoms with Crippen LogP contribution in [0, 0.1) is 5.92 Å². The molecule has 2 aromatic carbocycles. The molecule has 166 valence electrons. The standard InChI is InChI=1S/C22H16Cl2N6O3/c23-14-4-6-16(7-5-14)28-11-13(8-19(28)31)21(32)27-29-12-25-20-18(22(29)33)10-26-30(20)17-3-1-2-15(24)9-17/h1-7,9-10,12-13H,8,11H2,(H,27,32). The summed E-state index contributed by atoms with van der Waals surface area (Å²) in [5.41, 5.74) is 3.71. The van der Waals surface area contributed by atoms with Crippen LogP contribution in [-0.2, 0) is 9.59 Å². The highest BCUT2D eigenvalue weighted by Gasteiger charge is 2.35. The van der Waals surface area contributed by atoms with Gasteiger partial charge in [0, 0.05) is 28.7 Å². The molecule has 1 N–H and O–H groups in total. The smallest absolute Gasteiger partial charge is 0.283 e. The van der Waals surface area contributed by atoms with Crippen LogP contribution in [0.5, 0.6) is 0 Å². The highest BCUT2D eigenvalue weighted by Crippen LogP contribution is 2.26. The number of nitrogens with zero attached hydrogens (tertiary/aromatic N) is 5. The van der Waals surface area contributed by atoms with E-state index >= 15 is 0 Å². The van der Waals surface area contributed by atoms with Gasteiger partial charge in [-0.05, 0) is 42.5 Å². The fourth-order valence-electron chi connectivity index (χ4n) is 3.75. The number of amides is 2. The molecule has 1 aliphatic rings. The number of carbonyl (C=O) groups is 2. The van der Waals surface area contributed by atoms with Crippen LogP contribution in [-0.4, -0.2) is 37.8 Å². The van der Waals surface area contributed by atoms with Gasteiger partial charge in [0.05, 0.1) is 17.8 Å². The Bertz CT molecular complexity index is 1450. The maximum Gasteiger partial charge on any atom is 0.283 e. The lowest BCUT2D eigenvalue weighted by molar-refractivity contribution is -0.123. The zero-order valence-electron chi connectivity index (χ0n) is 17.0. The van der Waals surface area contributed by atoms with Crippen molar-refractivity contribution in [2.75, 3.05) is 16.9 Å². The van der Waals surface area contributed by atoms with Crippen molar-refractivity contribution in [1.82, 2.24) is 19.4 Å². The molecule has 1 aliphatic heterocycles. The summed E-state index contributed by atoms with van der Waals surface area (Å²) < 4.78 is 2.50. The molecule has 4 aromatic rings. The summed E-state index contributed by atoms with van der Waals surface area (Å²) in [6, 6.07) is 13.8. The molecule has 0 aliphatic carbocycles. The Balaban J connectivity index is 1.37. The molecule has 0 radical (unpaired) electrons. The molecular formula is C22H16Cl2N6O3. The number of carbonyl (C=O) groups excluding carboxylic acids is 2. The van der Waals surface area contributed by atoms with E-state index in [1.807, 2.05) is 0 Å². The average molecular weight is 483 g/mol. The molecule has 0 bridgehead atoms. The minimum atomic E-state index is -0.620. The van der Waals surface area contributed by atoms with Crippen molar-refractivity contribution in [2.45, 2.75) is 6.42 Å². The zero-order valence-corrected chi connectivity index (χ0v) is 18.5. The van der Waals surface area contributed by atoms with E-state index in [0.717, 1.165) is 4.68 Å². The monoisotopic (exact) mass is 482 g/mol. The largest absolute Gasteiger partial charge is 0.312 e. The van der Waals surface area contributed by atoms with E-state index in [1.54, 1.807) is 48.5 Å².